The molecule has 2 rings (SSSR count). The molecule has 0 saturated heterocycles. The first-order chi connectivity index (χ1) is 7.59. The summed E-state index contributed by atoms with van der Waals surface area (Å²) in [5.41, 5.74) is 5.58. The van der Waals surface area contributed by atoms with Crippen molar-refractivity contribution in [3.05, 3.63) is 17.2 Å². The van der Waals surface area contributed by atoms with Crippen LogP contribution < -0.4 is 5.73 Å². The maximum atomic E-state index is 5.97. The molecule has 0 aliphatic rings. The number of rotatable bonds is 2. The third-order valence-corrected chi connectivity index (χ3v) is 3.55. The summed E-state index contributed by atoms with van der Waals surface area (Å²) in [6, 6.07) is 0. The van der Waals surface area contributed by atoms with Crippen LogP contribution in [-0.2, 0) is 7.05 Å². The van der Waals surface area contributed by atoms with E-state index in [1.165, 1.54) is 18.1 Å². The van der Waals surface area contributed by atoms with Crippen LogP contribution in [0.3, 0.4) is 0 Å². The predicted molar refractivity (Wildman–Crippen MR) is 61.3 cm³/mol. The SMILES string of the molecule is Cc1nnc(Sc2ncnc(N)c2Cl)n1C. The summed E-state index contributed by atoms with van der Waals surface area (Å²) in [7, 11) is 1.87. The van der Waals surface area contributed by atoms with Crippen LogP contribution in [0.5, 0.6) is 0 Å². The number of nitrogen functional groups attached to an aromatic ring is 1. The molecule has 6 nitrogen and oxygen atoms in total. The highest BCUT2D eigenvalue weighted by Crippen LogP contribution is 2.32. The van der Waals surface area contributed by atoms with E-state index in [0.29, 0.717) is 15.2 Å². The fourth-order valence-corrected chi connectivity index (χ4v) is 2.03. The molecule has 0 aromatic carbocycles. The molecule has 0 fully saturated rings. The van der Waals surface area contributed by atoms with Crippen molar-refractivity contribution in [3.8, 4) is 0 Å². The number of hydrogen-bond acceptors (Lipinski definition) is 6. The van der Waals surface area contributed by atoms with Gasteiger partial charge in [-0.3, -0.25) is 0 Å². The lowest BCUT2D eigenvalue weighted by atomic mass is 10.6. The highest BCUT2D eigenvalue weighted by Gasteiger charge is 2.12. The molecular formula is C8H9ClN6S. The van der Waals surface area contributed by atoms with Crippen molar-refractivity contribution < 1.29 is 0 Å². The second kappa shape index (κ2) is 4.26. The minimum Gasteiger partial charge on any atom is -0.382 e. The third-order valence-electron chi connectivity index (χ3n) is 2.03. The van der Waals surface area contributed by atoms with Crippen LogP contribution in [-0.4, -0.2) is 24.7 Å². The fraction of sp³-hybridized carbons (Fsp3) is 0.250. The van der Waals surface area contributed by atoms with E-state index >= 15 is 0 Å². The maximum Gasteiger partial charge on any atom is 0.197 e. The minimum atomic E-state index is 0.262. The van der Waals surface area contributed by atoms with Gasteiger partial charge in [0.25, 0.3) is 0 Å². The Kier molecular flexibility index (Phi) is 2.97. The van der Waals surface area contributed by atoms with Gasteiger partial charge in [0.1, 0.15) is 28.0 Å². The number of aromatic nitrogens is 5. The third kappa shape index (κ3) is 1.96. The Labute approximate surface area is 101 Å². The van der Waals surface area contributed by atoms with E-state index in [1.807, 2.05) is 18.5 Å². The maximum absolute atomic E-state index is 5.97. The van der Waals surface area contributed by atoms with Crippen LogP contribution in [0.25, 0.3) is 0 Å². The van der Waals surface area contributed by atoms with Crippen LogP contribution in [0.15, 0.2) is 16.5 Å². The molecule has 0 spiro atoms. The van der Waals surface area contributed by atoms with Gasteiger partial charge in [-0.25, -0.2) is 9.97 Å². The van der Waals surface area contributed by atoms with Gasteiger partial charge in [-0.15, -0.1) is 10.2 Å². The zero-order chi connectivity index (χ0) is 11.7. The Morgan fingerprint density at radius 1 is 1.38 bits per heavy atom. The Balaban J connectivity index is 2.34. The Hall–Kier alpha value is -1.34. The van der Waals surface area contributed by atoms with Crippen LogP contribution >= 0.6 is 23.4 Å². The van der Waals surface area contributed by atoms with Crippen molar-refractivity contribution >= 4 is 29.2 Å². The van der Waals surface area contributed by atoms with Gasteiger partial charge >= 0.3 is 0 Å². The van der Waals surface area contributed by atoms with E-state index in [-0.39, 0.29) is 5.82 Å². The van der Waals surface area contributed by atoms with Crippen molar-refractivity contribution in [1.82, 2.24) is 24.7 Å². The molecule has 2 heterocycles. The molecule has 16 heavy (non-hydrogen) atoms. The number of aryl methyl sites for hydroxylation is 1. The highest BCUT2D eigenvalue weighted by molar-refractivity contribution is 7.99. The minimum absolute atomic E-state index is 0.262. The van der Waals surface area contributed by atoms with Gasteiger partial charge < -0.3 is 10.3 Å². The number of hydrogen-bond donors (Lipinski definition) is 1. The van der Waals surface area contributed by atoms with E-state index < -0.39 is 0 Å². The van der Waals surface area contributed by atoms with Gasteiger partial charge in [-0.2, -0.15) is 0 Å². The van der Waals surface area contributed by atoms with Crippen molar-refractivity contribution in [2.75, 3.05) is 5.73 Å². The van der Waals surface area contributed by atoms with E-state index in [4.69, 9.17) is 17.3 Å². The molecule has 0 amide bonds. The van der Waals surface area contributed by atoms with Crippen molar-refractivity contribution in [3.63, 3.8) is 0 Å². The highest BCUT2D eigenvalue weighted by atomic mass is 35.5. The normalized spacial score (nSPS) is 10.7. The molecule has 0 saturated carbocycles. The molecule has 84 valence electrons. The molecule has 0 radical (unpaired) electrons. The van der Waals surface area contributed by atoms with Crippen molar-refractivity contribution in [1.29, 1.82) is 0 Å². The number of nitrogens with two attached hydrogens (primary N) is 1. The molecule has 8 heteroatoms. The lowest BCUT2D eigenvalue weighted by Gasteiger charge is -2.03. The average molecular weight is 257 g/mol. The summed E-state index contributed by atoms with van der Waals surface area (Å²) in [5, 5.41) is 9.56. The first-order valence-electron chi connectivity index (χ1n) is 4.39. The average Bonchev–Trinajstić information content (AvgIpc) is 2.57. The molecule has 0 aliphatic heterocycles. The van der Waals surface area contributed by atoms with Crippen molar-refractivity contribution in [2.45, 2.75) is 17.1 Å². The van der Waals surface area contributed by atoms with Gasteiger partial charge in [0, 0.05) is 7.05 Å². The van der Waals surface area contributed by atoms with Crippen LogP contribution in [0.1, 0.15) is 5.82 Å². The van der Waals surface area contributed by atoms with Gasteiger partial charge in [0.15, 0.2) is 5.16 Å². The summed E-state index contributed by atoms with van der Waals surface area (Å²) in [6.45, 7) is 1.87. The Bertz CT molecular complexity index is 525. The van der Waals surface area contributed by atoms with Gasteiger partial charge in [0.2, 0.25) is 0 Å². The van der Waals surface area contributed by atoms with Gasteiger partial charge in [-0.1, -0.05) is 11.6 Å². The van der Waals surface area contributed by atoms with Crippen LogP contribution in [0.4, 0.5) is 5.82 Å². The van der Waals surface area contributed by atoms with E-state index in [0.717, 1.165) is 5.82 Å². The van der Waals surface area contributed by atoms with Crippen LogP contribution in [0.2, 0.25) is 5.02 Å². The first kappa shape index (κ1) is 11.2. The molecule has 2 N–H and O–H groups in total. The first-order valence-corrected chi connectivity index (χ1v) is 5.59. The zero-order valence-electron chi connectivity index (χ0n) is 8.68. The van der Waals surface area contributed by atoms with Gasteiger partial charge in [0.05, 0.1) is 0 Å². The fourth-order valence-electron chi connectivity index (χ4n) is 1.00. The standard InChI is InChI=1S/C8H9ClN6S/c1-4-13-14-8(15(4)2)16-7-5(9)6(10)11-3-12-7/h3H,1-2H3,(H2,10,11,12). The largest absolute Gasteiger partial charge is 0.382 e. The summed E-state index contributed by atoms with van der Waals surface area (Å²) >= 11 is 7.28. The second-order valence-corrected chi connectivity index (χ2v) is 4.40. The molecule has 0 unspecified atom stereocenters. The summed E-state index contributed by atoms with van der Waals surface area (Å²) in [5.74, 6) is 1.08. The molecule has 0 atom stereocenters. The molecule has 2 aromatic rings. The predicted octanol–water partition coefficient (Wildman–Crippen LogP) is 1.30. The topological polar surface area (TPSA) is 82.5 Å². The van der Waals surface area contributed by atoms with E-state index in [2.05, 4.69) is 20.2 Å². The lowest BCUT2D eigenvalue weighted by Crippen LogP contribution is -1.97. The molecule has 2 aromatic heterocycles. The zero-order valence-corrected chi connectivity index (χ0v) is 10.2. The monoisotopic (exact) mass is 256 g/mol. The summed E-state index contributed by atoms with van der Waals surface area (Å²) in [4.78, 5) is 7.83. The van der Waals surface area contributed by atoms with Crippen LogP contribution in [0, 0.1) is 6.92 Å². The number of halogens is 1. The molecule has 0 bridgehead atoms. The lowest BCUT2D eigenvalue weighted by molar-refractivity contribution is 0.764. The quantitative estimate of drug-likeness (QED) is 0.816. The summed E-state index contributed by atoms with van der Waals surface area (Å²) < 4.78 is 1.85. The van der Waals surface area contributed by atoms with Crippen molar-refractivity contribution in [2.24, 2.45) is 7.05 Å². The Morgan fingerprint density at radius 3 is 2.75 bits per heavy atom. The van der Waals surface area contributed by atoms with E-state index in [1.54, 1.807) is 0 Å². The Morgan fingerprint density at radius 2 is 2.12 bits per heavy atom. The van der Waals surface area contributed by atoms with E-state index in [9.17, 15) is 0 Å². The molecular weight excluding hydrogens is 248 g/mol. The molecule has 0 aliphatic carbocycles. The second-order valence-electron chi connectivity index (χ2n) is 3.07. The van der Waals surface area contributed by atoms with Gasteiger partial charge in [-0.05, 0) is 18.7 Å². The smallest absolute Gasteiger partial charge is 0.197 e. The number of nitrogens with zero attached hydrogens (tertiary/aromatic N) is 5. The number of anilines is 1. The summed E-state index contributed by atoms with van der Waals surface area (Å²) in [6.07, 6.45) is 1.37.